The number of rotatable bonds is 9. The maximum atomic E-state index is 12.1. The fraction of sp³-hybridized carbons (Fsp3) is 0.636. The summed E-state index contributed by atoms with van der Waals surface area (Å²) in [5, 5.41) is 5.06. The van der Waals surface area contributed by atoms with Crippen LogP contribution in [-0.2, 0) is 16.6 Å². The smallest absolute Gasteiger partial charge is 0.241 e. The minimum atomic E-state index is -3.35. The van der Waals surface area contributed by atoms with Crippen molar-refractivity contribution in [2.24, 2.45) is 0 Å². The second kappa shape index (κ2) is 8.16. The van der Waals surface area contributed by atoms with Gasteiger partial charge in [0.2, 0.25) is 10.0 Å². The largest absolute Gasteiger partial charge is 0.312 e. The highest BCUT2D eigenvalue weighted by atomic mass is 32.2. The molecule has 1 aromatic heterocycles. The van der Waals surface area contributed by atoms with Crippen molar-refractivity contribution in [1.29, 1.82) is 0 Å². The van der Waals surface area contributed by atoms with Gasteiger partial charge in [-0.25, -0.2) is 13.1 Å². The Labute approximate surface area is 118 Å². The predicted octanol–water partition coefficient (Wildman–Crippen LogP) is 1.89. The highest BCUT2D eigenvalue weighted by Gasteiger charge is 2.18. The van der Waals surface area contributed by atoms with Gasteiger partial charge in [0.1, 0.15) is 0 Å². The second-order valence-corrected chi connectivity index (χ2v) is 7.50. The standard InChI is InChI=1S/C11H20N2O2S3/c1-3-5-12-9-10-11(4-7-17-10)18(14,15)13-6-8-16-2/h4,7,12-13H,3,5-6,8-9H2,1-2H3. The summed E-state index contributed by atoms with van der Waals surface area (Å²) in [4.78, 5) is 1.29. The zero-order chi connectivity index (χ0) is 13.4. The number of nitrogens with one attached hydrogen (secondary N) is 2. The molecule has 18 heavy (non-hydrogen) atoms. The van der Waals surface area contributed by atoms with Crippen molar-refractivity contribution in [1.82, 2.24) is 10.0 Å². The summed E-state index contributed by atoms with van der Waals surface area (Å²) in [7, 11) is -3.35. The van der Waals surface area contributed by atoms with E-state index in [0.29, 0.717) is 18.0 Å². The highest BCUT2D eigenvalue weighted by molar-refractivity contribution is 7.98. The Balaban J connectivity index is 2.67. The molecular weight excluding hydrogens is 288 g/mol. The Morgan fingerprint density at radius 2 is 2.17 bits per heavy atom. The van der Waals surface area contributed by atoms with Gasteiger partial charge in [-0.3, -0.25) is 0 Å². The summed E-state index contributed by atoms with van der Waals surface area (Å²) in [6, 6.07) is 1.68. The fourth-order valence-corrected chi connectivity index (χ4v) is 4.31. The summed E-state index contributed by atoms with van der Waals surface area (Å²) in [5.41, 5.74) is 0. The first-order valence-electron chi connectivity index (χ1n) is 5.87. The third kappa shape index (κ3) is 4.89. The molecule has 0 aliphatic carbocycles. The van der Waals surface area contributed by atoms with Gasteiger partial charge in [-0.15, -0.1) is 11.3 Å². The van der Waals surface area contributed by atoms with E-state index in [9.17, 15) is 8.42 Å². The molecule has 0 unspecified atom stereocenters. The van der Waals surface area contributed by atoms with E-state index in [2.05, 4.69) is 17.0 Å². The van der Waals surface area contributed by atoms with E-state index >= 15 is 0 Å². The van der Waals surface area contributed by atoms with E-state index in [1.165, 1.54) is 11.3 Å². The minimum Gasteiger partial charge on any atom is -0.312 e. The van der Waals surface area contributed by atoms with E-state index in [-0.39, 0.29) is 0 Å². The minimum absolute atomic E-state index is 0.414. The van der Waals surface area contributed by atoms with Gasteiger partial charge in [0.15, 0.2) is 0 Å². The van der Waals surface area contributed by atoms with E-state index in [4.69, 9.17) is 0 Å². The van der Waals surface area contributed by atoms with E-state index in [0.717, 1.165) is 23.6 Å². The molecule has 1 heterocycles. The van der Waals surface area contributed by atoms with Crippen LogP contribution in [0.5, 0.6) is 0 Å². The van der Waals surface area contributed by atoms with E-state index in [1.54, 1.807) is 17.8 Å². The maximum Gasteiger partial charge on any atom is 0.241 e. The van der Waals surface area contributed by atoms with E-state index < -0.39 is 10.0 Å². The van der Waals surface area contributed by atoms with Gasteiger partial charge in [0.25, 0.3) is 0 Å². The first kappa shape index (κ1) is 16.0. The third-order valence-corrected chi connectivity index (χ3v) is 5.51. The molecule has 0 atom stereocenters. The molecule has 0 amide bonds. The van der Waals surface area contributed by atoms with E-state index in [1.807, 2.05) is 11.6 Å². The van der Waals surface area contributed by atoms with Crippen LogP contribution in [0.15, 0.2) is 16.3 Å². The Kier molecular flexibility index (Phi) is 7.25. The average molecular weight is 308 g/mol. The lowest BCUT2D eigenvalue weighted by Gasteiger charge is -2.07. The zero-order valence-corrected chi connectivity index (χ0v) is 13.2. The van der Waals surface area contributed by atoms with Crippen molar-refractivity contribution >= 4 is 33.1 Å². The fourth-order valence-electron chi connectivity index (χ4n) is 1.43. The first-order chi connectivity index (χ1) is 8.61. The molecule has 4 nitrogen and oxygen atoms in total. The van der Waals surface area contributed by atoms with Crippen LogP contribution < -0.4 is 10.0 Å². The maximum absolute atomic E-state index is 12.1. The van der Waals surface area contributed by atoms with Crippen LogP contribution in [0.2, 0.25) is 0 Å². The third-order valence-electron chi connectivity index (χ3n) is 2.30. The molecule has 7 heteroatoms. The normalized spacial score (nSPS) is 11.9. The van der Waals surface area contributed by atoms with Crippen LogP contribution in [-0.4, -0.2) is 33.5 Å². The van der Waals surface area contributed by atoms with Crippen LogP contribution >= 0.6 is 23.1 Å². The van der Waals surface area contributed by atoms with Gasteiger partial charge < -0.3 is 5.32 Å². The molecule has 0 saturated carbocycles. The number of hydrogen-bond acceptors (Lipinski definition) is 5. The van der Waals surface area contributed by atoms with Gasteiger partial charge in [-0.05, 0) is 30.7 Å². The highest BCUT2D eigenvalue weighted by Crippen LogP contribution is 2.21. The van der Waals surface area contributed by atoms with Gasteiger partial charge in [0.05, 0.1) is 4.90 Å². The molecule has 2 N–H and O–H groups in total. The Hall–Kier alpha value is -0.0800. The first-order valence-corrected chi connectivity index (χ1v) is 9.63. The van der Waals surface area contributed by atoms with Crippen molar-refractivity contribution in [3.63, 3.8) is 0 Å². The summed E-state index contributed by atoms with van der Waals surface area (Å²) >= 11 is 3.10. The molecule has 0 saturated heterocycles. The molecule has 0 aliphatic rings. The molecule has 0 radical (unpaired) electrons. The Morgan fingerprint density at radius 3 is 2.83 bits per heavy atom. The van der Waals surface area contributed by atoms with Crippen molar-refractivity contribution in [3.05, 3.63) is 16.3 Å². The second-order valence-electron chi connectivity index (χ2n) is 3.78. The predicted molar refractivity (Wildman–Crippen MR) is 79.9 cm³/mol. The molecule has 0 aliphatic heterocycles. The monoisotopic (exact) mass is 308 g/mol. The quantitative estimate of drug-likeness (QED) is 0.684. The van der Waals surface area contributed by atoms with Crippen molar-refractivity contribution in [3.8, 4) is 0 Å². The number of sulfonamides is 1. The average Bonchev–Trinajstić information content (AvgIpc) is 2.79. The van der Waals surface area contributed by atoms with Crippen LogP contribution in [0, 0.1) is 0 Å². The number of thiophene rings is 1. The number of hydrogen-bond donors (Lipinski definition) is 2. The zero-order valence-electron chi connectivity index (χ0n) is 10.7. The van der Waals surface area contributed by atoms with Crippen molar-refractivity contribution in [2.45, 2.75) is 24.8 Å². The Morgan fingerprint density at radius 1 is 1.39 bits per heavy atom. The van der Waals surface area contributed by atoms with Crippen LogP contribution in [0.4, 0.5) is 0 Å². The molecule has 0 bridgehead atoms. The lowest BCUT2D eigenvalue weighted by atomic mass is 10.4. The molecule has 0 aromatic carbocycles. The molecule has 104 valence electrons. The summed E-state index contributed by atoms with van der Waals surface area (Å²) in [6.07, 6.45) is 3.00. The summed E-state index contributed by atoms with van der Waals surface area (Å²) in [6.45, 7) is 4.08. The SMILES string of the molecule is CCCNCc1sccc1S(=O)(=O)NCCSC. The van der Waals surface area contributed by atoms with Gasteiger partial charge in [-0.1, -0.05) is 6.92 Å². The lowest BCUT2D eigenvalue weighted by Crippen LogP contribution is -2.27. The summed E-state index contributed by atoms with van der Waals surface area (Å²) < 4.78 is 26.8. The lowest BCUT2D eigenvalue weighted by molar-refractivity contribution is 0.582. The summed E-state index contributed by atoms with van der Waals surface area (Å²) in [5.74, 6) is 0.785. The molecular formula is C11H20N2O2S3. The van der Waals surface area contributed by atoms with Crippen LogP contribution in [0.3, 0.4) is 0 Å². The molecule has 1 aromatic rings. The molecule has 0 fully saturated rings. The van der Waals surface area contributed by atoms with Gasteiger partial charge in [-0.2, -0.15) is 11.8 Å². The van der Waals surface area contributed by atoms with Gasteiger partial charge in [0, 0.05) is 23.7 Å². The molecule has 1 rings (SSSR count). The Bertz CT molecular complexity index is 443. The van der Waals surface area contributed by atoms with Crippen molar-refractivity contribution in [2.75, 3.05) is 25.1 Å². The van der Waals surface area contributed by atoms with Crippen LogP contribution in [0.1, 0.15) is 18.2 Å². The van der Waals surface area contributed by atoms with Crippen molar-refractivity contribution < 1.29 is 8.42 Å². The topological polar surface area (TPSA) is 58.2 Å². The van der Waals surface area contributed by atoms with Crippen LogP contribution in [0.25, 0.3) is 0 Å². The molecule has 0 spiro atoms. The number of thioether (sulfide) groups is 1. The van der Waals surface area contributed by atoms with Gasteiger partial charge >= 0.3 is 0 Å².